The quantitative estimate of drug-likeness (QED) is 0.297. The predicted octanol–water partition coefficient (Wildman–Crippen LogP) is 1.52. The molecule has 0 amide bonds. The van der Waals surface area contributed by atoms with Crippen molar-refractivity contribution in [2.75, 3.05) is 13.7 Å². The number of aldehydes is 1. The summed E-state index contributed by atoms with van der Waals surface area (Å²) in [5.74, 6) is -1.83. The van der Waals surface area contributed by atoms with E-state index >= 15 is 0 Å². The van der Waals surface area contributed by atoms with Crippen molar-refractivity contribution in [3.8, 4) is 0 Å². The molecule has 4 bridgehead atoms. The lowest BCUT2D eigenvalue weighted by Crippen LogP contribution is -2.65. The Balaban J connectivity index is 1.59. The van der Waals surface area contributed by atoms with E-state index in [-0.39, 0.29) is 30.3 Å². The number of carbonyl (C=O) groups is 2. The number of fused-ring (bicyclic) bond motifs is 2. The molecular formula is C27H40O9. The van der Waals surface area contributed by atoms with Crippen molar-refractivity contribution in [3.05, 3.63) is 11.6 Å². The predicted molar refractivity (Wildman–Crippen MR) is 127 cm³/mol. The highest BCUT2D eigenvalue weighted by molar-refractivity contribution is 5.90. The van der Waals surface area contributed by atoms with Crippen LogP contribution in [-0.4, -0.2) is 82.7 Å². The van der Waals surface area contributed by atoms with Gasteiger partial charge in [0, 0.05) is 12.5 Å². The first-order chi connectivity index (χ1) is 16.8. The second kappa shape index (κ2) is 8.32. The van der Waals surface area contributed by atoms with E-state index in [4.69, 9.17) is 14.2 Å². The Hall–Kier alpha value is -1.36. The zero-order chi connectivity index (χ0) is 26.4. The van der Waals surface area contributed by atoms with Gasteiger partial charge < -0.3 is 39.4 Å². The molecule has 3 saturated carbocycles. The summed E-state index contributed by atoms with van der Waals surface area (Å²) in [6, 6.07) is 0. The van der Waals surface area contributed by atoms with Gasteiger partial charge in [-0.05, 0) is 63.2 Å². The van der Waals surface area contributed by atoms with E-state index in [1.165, 1.54) is 7.11 Å². The maximum atomic E-state index is 13.5. The van der Waals surface area contributed by atoms with Gasteiger partial charge in [0.15, 0.2) is 6.29 Å². The first kappa shape index (κ1) is 26.3. The van der Waals surface area contributed by atoms with E-state index in [1.54, 1.807) is 13.8 Å². The minimum atomic E-state index is -1.47. The molecule has 1 heterocycles. The Bertz CT molecular complexity index is 961. The Morgan fingerprint density at radius 3 is 2.53 bits per heavy atom. The van der Waals surface area contributed by atoms with E-state index in [2.05, 4.69) is 0 Å². The van der Waals surface area contributed by atoms with E-state index in [1.807, 2.05) is 19.9 Å². The molecule has 0 radical (unpaired) electrons. The van der Waals surface area contributed by atoms with E-state index in [9.17, 15) is 30.0 Å². The summed E-state index contributed by atoms with van der Waals surface area (Å²) in [5.41, 5.74) is -3.87. The minimum absolute atomic E-state index is 0.0790. The van der Waals surface area contributed by atoms with Crippen molar-refractivity contribution >= 4 is 12.3 Å². The van der Waals surface area contributed by atoms with Crippen LogP contribution in [0.1, 0.15) is 53.4 Å². The first-order valence-electron chi connectivity index (χ1n) is 13.1. The third kappa shape index (κ3) is 2.93. The molecule has 4 fully saturated rings. The standard InChI is InChI=1S/C27H40O9/c1-13(2)17-8-15-9-25(11-28)16-6-7-24(4,33)18(16)10-26(15,27(17,25)23(31)32)12-35-22-20(30)19(29)21(34-5)14(3)36-22/h8,11,13-16,18-22,29-30,33H,6-7,9-10,12H2,1-5H3,(H,31,32)/t14-,15-,16-,18+,19+,20+,21-,22-,24+,25+,26+,27+/m1/s1. The number of hydrogen-bond acceptors (Lipinski definition) is 8. The molecule has 5 rings (SSSR count). The van der Waals surface area contributed by atoms with Crippen molar-refractivity contribution < 1.29 is 44.2 Å². The van der Waals surface area contributed by atoms with Gasteiger partial charge in [0.25, 0.3) is 0 Å². The molecule has 12 atom stereocenters. The van der Waals surface area contributed by atoms with Crippen LogP contribution in [-0.2, 0) is 23.8 Å². The number of hydrogen-bond donors (Lipinski definition) is 4. The number of carbonyl (C=O) groups excluding carboxylic acids is 1. The molecule has 0 aromatic rings. The molecule has 36 heavy (non-hydrogen) atoms. The van der Waals surface area contributed by atoms with Crippen molar-refractivity contribution in [2.24, 2.45) is 39.9 Å². The Morgan fingerprint density at radius 1 is 1.25 bits per heavy atom. The van der Waals surface area contributed by atoms with E-state index in [0.29, 0.717) is 25.7 Å². The van der Waals surface area contributed by atoms with Crippen LogP contribution in [0.3, 0.4) is 0 Å². The summed E-state index contributed by atoms with van der Waals surface area (Å²) >= 11 is 0. The molecule has 9 heteroatoms. The zero-order valence-electron chi connectivity index (χ0n) is 21.7. The van der Waals surface area contributed by atoms with Crippen LogP contribution in [0.15, 0.2) is 11.6 Å². The number of aliphatic carboxylic acids is 1. The average Bonchev–Trinajstić information content (AvgIpc) is 3.34. The molecule has 9 nitrogen and oxygen atoms in total. The number of methoxy groups -OCH3 is 1. The molecule has 1 aliphatic heterocycles. The number of rotatable bonds is 7. The van der Waals surface area contributed by atoms with Crippen LogP contribution in [0, 0.1) is 39.9 Å². The molecule has 0 aromatic carbocycles. The molecule has 0 spiro atoms. The van der Waals surface area contributed by atoms with Crippen LogP contribution in [0.5, 0.6) is 0 Å². The number of allylic oxidation sites excluding steroid dienone is 1. The van der Waals surface area contributed by atoms with Gasteiger partial charge in [-0.25, -0.2) is 0 Å². The SMILES string of the molecule is CO[C@H]1[C@@H](O)[C@H](O)[C@H](OC[C@@]23C[C@H]4[C@@H](CC[C@]4(C)O)[C@@]4(C=O)C[C@H]2C=C(C(C)C)[C@@]34C(=O)O)O[C@@H]1C. The highest BCUT2D eigenvalue weighted by atomic mass is 16.7. The fraction of sp³-hybridized carbons (Fsp3) is 0.852. The molecule has 5 aliphatic rings. The minimum Gasteiger partial charge on any atom is -0.481 e. The van der Waals surface area contributed by atoms with Crippen LogP contribution >= 0.6 is 0 Å². The summed E-state index contributed by atoms with van der Waals surface area (Å²) in [6.07, 6.45) is -0.264. The van der Waals surface area contributed by atoms with Gasteiger partial charge in [-0.3, -0.25) is 4.79 Å². The van der Waals surface area contributed by atoms with Crippen LogP contribution in [0.4, 0.5) is 0 Å². The summed E-state index contributed by atoms with van der Waals surface area (Å²) in [6.45, 7) is 7.34. The topological polar surface area (TPSA) is 143 Å². The number of carboxylic acids is 1. The average molecular weight is 509 g/mol. The van der Waals surface area contributed by atoms with Crippen LogP contribution in [0.2, 0.25) is 0 Å². The Kier molecular flexibility index (Phi) is 6.07. The normalized spacial score (nSPS) is 53.4. The summed E-state index contributed by atoms with van der Waals surface area (Å²) in [5, 5.41) is 43.6. The summed E-state index contributed by atoms with van der Waals surface area (Å²) in [4.78, 5) is 26.6. The monoisotopic (exact) mass is 508 g/mol. The van der Waals surface area contributed by atoms with Crippen molar-refractivity contribution in [2.45, 2.75) is 89.7 Å². The number of aliphatic hydroxyl groups excluding tert-OH is 2. The fourth-order valence-corrected chi connectivity index (χ4v) is 9.30. The highest BCUT2D eigenvalue weighted by Gasteiger charge is 2.85. The maximum absolute atomic E-state index is 13.5. The van der Waals surface area contributed by atoms with Gasteiger partial charge in [-0.15, -0.1) is 0 Å². The van der Waals surface area contributed by atoms with E-state index < -0.39 is 58.5 Å². The summed E-state index contributed by atoms with van der Waals surface area (Å²) in [7, 11) is 1.43. The molecule has 4 aliphatic carbocycles. The number of ether oxygens (including phenoxy) is 3. The maximum Gasteiger partial charge on any atom is 0.315 e. The second-order valence-corrected chi connectivity index (χ2v) is 12.5. The van der Waals surface area contributed by atoms with Crippen molar-refractivity contribution in [1.29, 1.82) is 0 Å². The molecule has 1 saturated heterocycles. The number of aliphatic hydroxyl groups is 3. The van der Waals surface area contributed by atoms with Gasteiger partial charge >= 0.3 is 5.97 Å². The van der Waals surface area contributed by atoms with Gasteiger partial charge in [0.05, 0.1) is 23.7 Å². The molecule has 0 aromatic heterocycles. The number of carboxylic acid groups (broad SMARTS) is 1. The first-order valence-corrected chi connectivity index (χ1v) is 13.1. The van der Waals surface area contributed by atoms with E-state index in [0.717, 1.165) is 11.9 Å². The van der Waals surface area contributed by atoms with Gasteiger partial charge in [-0.1, -0.05) is 25.5 Å². The second-order valence-electron chi connectivity index (χ2n) is 12.5. The van der Waals surface area contributed by atoms with Crippen molar-refractivity contribution in [1.82, 2.24) is 0 Å². The molecule has 202 valence electrons. The highest BCUT2D eigenvalue weighted by Crippen LogP contribution is 2.82. The summed E-state index contributed by atoms with van der Waals surface area (Å²) < 4.78 is 17.3. The molecule has 4 N–H and O–H groups in total. The molecule has 0 unspecified atom stereocenters. The Labute approximate surface area is 211 Å². The lowest BCUT2D eigenvalue weighted by atomic mass is 9.42. The fourth-order valence-electron chi connectivity index (χ4n) is 9.30. The van der Waals surface area contributed by atoms with Gasteiger partial charge in [-0.2, -0.15) is 0 Å². The van der Waals surface area contributed by atoms with Crippen LogP contribution in [0.25, 0.3) is 0 Å². The lowest BCUT2D eigenvalue weighted by molar-refractivity contribution is -0.307. The van der Waals surface area contributed by atoms with Crippen molar-refractivity contribution in [3.63, 3.8) is 0 Å². The van der Waals surface area contributed by atoms with Gasteiger partial charge in [0.2, 0.25) is 0 Å². The van der Waals surface area contributed by atoms with Gasteiger partial charge in [0.1, 0.15) is 30.0 Å². The lowest BCUT2D eigenvalue weighted by Gasteiger charge is -2.59. The largest absolute Gasteiger partial charge is 0.481 e. The zero-order valence-corrected chi connectivity index (χ0v) is 21.7. The Morgan fingerprint density at radius 2 is 1.94 bits per heavy atom. The third-order valence-electron chi connectivity index (χ3n) is 10.7. The smallest absolute Gasteiger partial charge is 0.315 e. The molecular weight excluding hydrogens is 468 g/mol. The van der Waals surface area contributed by atoms with Crippen LogP contribution < -0.4 is 0 Å². The third-order valence-corrected chi connectivity index (χ3v) is 10.7.